The molecule has 1 atom stereocenters. The SMILES string of the molecule is CN(C[C@@H](CCN1CCC(CCCN(Cc2ccccc2)C(=O)[O-])CC1)c1cccc(Cl)c1)S(=O)(=O)c1ccccc1. The molecule has 3 aromatic rings. The summed E-state index contributed by atoms with van der Waals surface area (Å²) in [6.07, 6.45) is 3.68. The Morgan fingerprint density at radius 2 is 1.67 bits per heavy atom. The Balaban J connectivity index is 1.27. The van der Waals surface area contributed by atoms with Gasteiger partial charge in [0.15, 0.2) is 0 Å². The first kappa shape index (κ1) is 32.0. The van der Waals surface area contributed by atoms with Gasteiger partial charge in [0.25, 0.3) is 0 Å². The van der Waals surface area contributed by atoms with Gasteiger partial charge in [0.2, 0.25) is 10.0 Å². The fourth-order valence-electron chi connectivity index (χ4n) is 5.75. The van der Waals surface area contributed by atoms with Crippen molar-refractivity contribution in [3.05, 3.63) is 101 Å². The van der Waals surface area contributed by atoms with Gasteiger partial charge in [0.1, 0.15) is 6.09 Å². The molecule has 1 saturated heterocycles. The molecule has 0 N–H and O–H groups in total. The van der Waals surface area contributed by atoms with Crippen LogP contribution in [0.2, 0.25) is 5.02 Å². The number of halogens is 1. The third kappa shape index (κ3) is 9.30. The summed E-state index contributed by atoms with van der Waals surface area (Å²) >= 11 is 6.31. The third-order valence-corrected chi connectivity index (χ3v) is 10.3. The summed E-state index contributed by atoms with van der Waals surface area (Å²) in [6.45, 7) is 4.05. The number of likely N-dealkylation sites (N-methyl/N-ethyl adjacent to an activating group) is 1. The molecule has 4 rings (SSSR count). The lowest BCUT2D eigenvalue weighted by Crippen LogP contribution is -2.41. The summed E-state index contributed by atoms with van der Waals surface area (Å²) in [5.74, 6) is 0.581. The highest BCUT2D eigenvalue weighted by Gasteiger charge is 2.26. The minimum atomic E-state index is -3.60. The normalized spacial score (nSPS) is 15.5. The molecule has 1 aliphatic heterocycles. The fourth-order valence-corrected chi connectivity index (χ4v) is 7.19. The summed E-state index contributed by atoms with van der Waals surface area (Å²) < 4.78 is 27.9. The molecule has 0 spiro atoms. The van der Waals surface area contributed by atoms with Crippen molar-refractivity contribution >= 4 is 27.7 Å². The molecule has 42 heavy (non-hydrogen) atoms. The first-order chi connectivity index (χ1) is 20.2. The number of carboxylic acid groups (broad SMARTS) is 1. The molecule has 0 aromatic heterocycles. The second-order valence-corrected chi connectivity index (χ2v) is 13.7. The maximum absolute atomic E-state index is 13.2. The van der Waals surface area contributed by atoms with Crippen molar-refractivity contribution in [2.24, 2.45) is 5.92 Å². The first-order valence-corrected chi connectivity index (χ1v) is 16.5. The van der Waals surface area contributed by atoms with Crippen LogP contribution >= 0.6 is 11.6 Å². The molecule has 0 saturated carbocycles. The zero-order valence-corrected chi connectivity index (χ0v) is 25.8. The van der Waals surface area contributed by atoms with E-state index in [1.807, 2.05) is 60.7 Å². The van der Waals surface area contributed by atoms with E-state index >= 15 is 0 Å². The Kier molecular flexibility index (Phi) is 11.8. The zero-order chi connectivity index (χ0) is 30.0. The zero-order valence-electron chi connectivity index (χ0n) is 24.3. The van der Waals surface area contributed by atoms with E-state index in [-0.39, 0.29) is 5.92 Å². The summed E-state index contributed by atoms with van der Waals surface area (Å²) in [5.41, 5.74) is 2.01. The number of nitrogens with zero attached hydrogens (tertiary/aromatic N) is 3. The van der Waals surface area contributed by atoms with Crippen LogP contribution in [0.1, 0.15) is 49.1 Å². The monoisotopic (exact) mass is 610 g/mol. The van der Waals surface area contributed by atoms with Gasteiger partial charge in [0.05, 0.1) is 4.90 Å². The van der Waals surface area contributed by atoms with Crippen LogP contribution in [0.4, 0.5) is 4.79 Å². The maximum Gasteiger partial charge on any atom is 0.242 e. The topological polar surface area (TPSA) is 84.0 Å². The predicted octanol–water partition coefficient (Wildman–Crippen LogP) is 5.47. The van der Waals surface area contributed by atoms with Crippen molar-refractivity contribution in [3.63, 3.8) is 0 Å². The molecule has 3 aromatic carbocycles. The smallest absolute Gasteiger partial charge is 0.242 e. The number of hydrogen-bond acceptors (Lipinski definition) is 5. The number of hydrogen-bond donors (Lipinski definition) is 0. The summed E-state index contributed by atoms with van der Waals surface area (Å²) in [6, 6.07) is 25.9. The number of piperidine rings is 1. The highest BCUT2D eigenvalue weighted by atomic mass is 35.5. The molecular formula is C33H41ClN3O4S-. The van der Waals surface area contributed by atoms with Crippen LogP contribution in [0.15, 0.2) is 89.8 Å². The molecule has 9 heteroatoms. The minimum Gasteiger partial charge on any atom is -0.530 e. The fraction of sp³-hybridized carbons (Fsp3) is 0.424. The van der Waals surface area contributed by atoms with Crippen molar-refractivity contribution in [2.75, 3.05) is 39.8 Å². The quantitative estimate of drug-likeness (QED) is 0.242. The Morgan fingerprint density at radius 3 is 2.31 bits per heavy atom. The van der Waals surface area contributed by atoms with Crippen LogP contribution in [0, 0.1) is 5.92 Å². The average molecular weight is 611 g/mol. The Hall–Kier alpha value is -2.91. The van der Waals surface area contributed by atoms with E-state index in [1.54, 1.807) is 31.3 Å². The van der Waals surface area contributed by atoms with Crippen molar-refractivity contribution in [1.29, 1.82) is 0 Å². The van der Waals surface area contributed by atoms with Crippen LogP contribution < -0.4 is 5.11 Å². The van der Waals surface area contributed by atoms with Gasteiger partial charge in [-0.25, -0.2) is 12.7 Å². The number of likely N-dealkylation sites (tertiary alicyclic amines) is 1. The lowest BCUT2D eigenvalue weighted by atomic mass is 9.91. The van der Waals surface area contributed by atoms with Crippen LogP contribution in [-0.2, 0) is 16.6 Å². The lowest BCUT2D eigenvalue weighted by molar-refractivity contribution is -0.266. The summed E-state index contributed by atoms with van der Waals surface area (Å²) in [4.78, 5) is 15.8. The lowest BCUT2D eigenvalue weighted by Gasteiger charge is -2.34. The standard InChI is InChI=1S/C33H42ClN3O4S/c1-35(42(40,41)32-15-6-3-7-16-32)26-30(29-13-8-14-31(34)24-29)19-23-36-21-17-27(18-22-36)12-9-20-37(33(38)39)25-28-10-4-2-5-11-28/h2-8,10-11,13-16,24,27,30H,9,12,17-23,25-26H2,1H3,(H,38,39)/p-1/t30-/m1/s1. The molecule has 226 valence electrons. The van der Waals surface area contributed by atoms with Crippen LogP contribution in [0.5, 0.6) is 0 Å². The summed E-state index contributed by atoms with van der Waals surface area (Å²) in [7, 11) is -1.95. The average Bonchev–Trinajstić information content (AvgIpc) is 3.00. The molecule has 0 radical (unpaired) electrons. The van der Waals surface area contributed by atoms with Crippen molar-refractivity contribution in [2.45, 2.75) is 49.5 Å². The van der Waals surface area contributed by atoms with Gasteiger partial charge in [-0.05, 0) is 99.0 Å². The van der Waals surface area contributed by atoms with E-state index < -0.39 is 16.1 Å². The second kappa shape index (κ2) is 15.5. The van der Waals surface area contributed by atoms with Crippen LogP contribution in [-0.4, -0.2) is 68.4 Å². The van der Waals surface area contributed by atoms with Gasteiger partial charge in [-0.1, -0.05) is 72.3 Å². The summed E-state index contributed by atoms with van der Waals surface area (Å²) in [5, 5.41) is 12.3. The molecule has 0 aliphatic carbocycles. The third-order valence-electron chi connectivity index (χ3n) is 8.26. The molecule has 7 nitrogen and oxygen atoms in total. The first-order valence-electron chi connectivity index (χ1n) is 14.7. The Labute approximate surface area is 255 Å². The molecule has 1 aliphatic rings. The van der Waals surface area contributed by atoms with Gasteiger partial charge in [-0.15, -0.1) is 0 Å². The molecular weight excluding hydrogens is 570 g/mol. The van der Waals surface area contributed by atoms with Gasteiger partial charge >= 0.3 is 0 Å². The minimum absolute atomic E-state index is 0.00476. The van der Waals surface area contributed by atoms with E-state index in [0.717, 1.165) is 62.9 Å². The molecule has 1 fully saturated rings. The predicted molar refractivity (Wildman–Crippen MR) is 166 cm³/mol. The number of sulfonamides is 1. The van der Waals surface area contributed by atoms with Gasteiger partial charge in [-0.3, -0.25) is 0 Å². The Bertz CT molecular complexity index is 1370. The molecule has 1 heterocycles. The second-order valence-electron chi connectivity index (χ2n) is 11.2. The van der Waals surface area contributed by atoms with E-state index in [9.17, 15) is 18.3 Å². The number of benzene rings is 3. The molecule has 0 unspecified atom stereocenters. The van der Waals surface area contributed by atoms with Crippen molar-refractivity contribution in [1.82, 2.24) is 14.1 Å². The van der Waals surface area contributed by atoms with E-state index in [0.29, 0.717) is 35.5 Å². The van der Waals surface area contributed by atoms with Crippen molar-refractivity contribution < 1.29 is 18.3 Å². The van der Waals surface area contributed by atoms with E-state index in [1.165, 1.54) is 9.21 Å². The number of carbonyl (C=O) groups is 1. The van der Waals surface area contributed by atoms with Gasteiger partial charge in [-0.2, -0.15) is 0 Å². The number of amides is 1. The van der Waals surface area contributed by atoms with Crippen LogP contribution in [0.3, 0.4) is 0 Å². The highest BCUT2D eigenvalue weighted by Crippen LogP contribution is 2.28. The van der Waals surface area contributed by atoms with Gasteiger partial charge in [0, 0.05) is 31.7 Å². The van der Waals surface area contributed by atoms with E-state index in [4.69, 9.17) is 11.6 Å². The van der Waals surface area contributed by atoms with E-state index in [2.05, 4.69) is 4.90 Å². The highest BCUT2D eigenvalue weighted by molar-refractivity contribution is 7.89. The maximum atomic E-state index is 13.2. The van der Waals surface area contributed by atoms with Crippen LogP contribution in [0.25, 0.3) is 0 Å². The number of carbonyl (C=O) groups excluding carboxylic acids is 1. The molecule has 0 bridgehead atoms. The number of rotatable bonds is 14. The molecule has 1 amide bonds. The van der Waals surface area contributed by atoms with Gasteiger partial charge < -0.3 is 19.7 Å². The largest absolute Gasteiger partial charge is 0.530 e. The van der Waals surface area contributed by atoms with Crippen molar-refractivity contribution in [3.8, 4) is 0 Å². The Morgan fingerprint density at radius 1 is 1.00 bits per heavy atom.